The average molecular weight is 714 g/mol. The first-order chi connectivity index (χ1) is 24.3. The molecule has 0 amide bonds. The minimum absolute atomic E-state index is 0.183. The molecule has 12 heteroatoms. The van der Waals surface area contributed by atoms with Gasteiger partial charge in [0.1, 0.15) is 35.1 Å². The second-order valence-corrected chi connectivity index (χ2v) is 11.6. The van der Waals surface area contributed by atoms with Crippen LogP contribution in [-0.2, 0) is 32.2 Å². The molecule has 256 valence electrons. The highest BCUT2D eigenvalue weighted by Gasteiger charge is 2.08. The van der Waals surface area contributed by atoms with Crippen molar-refractivity contribution in [1.29, 1.82) is 10.5 Å². The van der Waals surface area contributed by atoms with Crippen LogP contribution in [0, 0.1) is 22.7 Å². The SMILES string of the molecule is N#Cc1ccc(Cl)cc1Oc1cccc(CNCCCOC(=O)/C=C/C(=O)OCCCNCc2cccc(Oc3cc(Cl)ccc3C#N)c2)c1. The number of benzene rings is 4. The number of nitriles is 2. The van der Waals surface area contributed by atoms with Crippen molar-refractivity contribution in [3.05, 3.63) is 129 Å². The number of esters is 2. The molecule has 0 aliphatic heterocycles. The molecule has 0 fully saturated rings. The van der Waals surface area contributed by atoms with E-state index in [-0.39, 0.29) is 13.2 Å². The molecule has 0 spiro atoms. The summed E-state index contributed by atoms with van der Waals surface area (Å²) in [5, 5.41) is 26.1. The largest absolute Gasteiger partial charge is 0.462 e. The first-order valence-corrected chi connectivity index (χ1v) is 16.4. The van der Waals surface area contributed by atoms with Crippen LogP contribution in [0.15, 0.2) is 97.1 Å². The number of hydrogen-bond donors (Lipinski definition) is 2. The average Bonchev–Trinajstić information content (AvgIpc) is 3.11. The molecule has 0 bridgehead atoms. The number of nitrogens with zero attached hydrogens (tertiary/aromatic N) is 2. The smallest absolute Gasteiger partial charge is 0.331 e. The van der Waals surface area contributed by atoms with Crippen molar-refractivity contribution >= 4 is 35.1 Å². The highest BCUT2D eigenvalue weighted by molar-refractivity contribution is 6.31. The Balaban J connectivity index is 1.04. The molecule has 4 rings (SSSR count). The van der Waals surface area contributed by atoms with Crippen LogP contribution in [0.1, 0.15) is 35.1 Å². The Bertz CT molecular complexity index is 1750. The Morgan fingerprint density at radius 1 is 0.640 bits per heavy atom. The second-order valence-electron chi connectivity index (χ2n) is 10.7. The van der Waals surface area contributed by atoms with Crippen molar-refractivity contribution < 1.29 is 28.5 Å². The third-order valence-electron chi connectivity index (χ3n) is 6.88. The van der Waals surface area contributed by atoms with Gasteiger partial charge in [-0.2, -0.15) is 10.5 Å². The molecule has 0 saturated carbocycles. The molecule has 0 heterocycles. The molecule has 50 heavy (non-hydrogen) atoms. The summed E-state index contributed by atoms with van der Waals surface area (Å²) >= 11 is 12.1. The third-order valence-corrected chi connectivity index (χ3v) is 7.35. The van der Waals surface area contributed by atoms with Gasteiger partial charge >= 0.3 is 11.9 Å². The van der Waals surface area contributed by atoms with Gasteiger partial charge in [-0.3, -0.25) is 0 Å². The quantitative estimate of drug-likeness (QED) is 0.0601. The van der Waals surface area contributed by atoms with Crippen molar-refractivity contribution in [3.8, 4) is 35.1 Å². The van der Waals surface area contributed by atoms with E-state index in [1.807, 2.05) is 36.4 Å². The lowest BCUT2D eigenvalue weighted by Crippen LogP contribution is -2.17. The Labute approximate surface area is 300 Å². The molecule has 0 atom stereocenters. The lowest BCUT2D eigenvalue weighted by Gasteiger charge is -2.10. The predicted molar refractivity (Wildman–Crippen MR) is 189 cm³/mol. The van der Waals surface area contributed by atoms with Crippen molar-refractivity contribution in [3.63, 3.8) is 0 Å². The van der Waals surface area contributed by atoms with Gasteiger partial charge in [-0.05, 0) is 85.6 Å². The summed E-state index contributed by atoms with van der Waals surface area (Å²) in [5.74, 6) is 0.676. The topological polar surface area (TPSA) is 143 Å². The first-order valence-electron chi connectivity index (χ1n) is 15.7. The van der Waals surface area contributed by atoms with E-state index in [2.05, 4.69) is 22.8 Å². The van der Waals surface area contributed by atoms with E-state index in [1.165, 1.54) is 0 Å². The second kappa shape index (κ2) is 20.2. The van der Waals surface area contributed by atoms with Gasteiger partial charge in [0.2, 0.25) is 0 Å². The number of ether oxygens (including phenoxy) is 4. The number of rotatable bonds is 18. The lowest BCUT2D eigenvalue weighted by molar-refractivity contribution is -0.140. The number of carbonyl (C=O) groups is 2. The fourth-order valence-electron chi connectivity index (χ4n) is 4.48. The summed E-state index contributed by atoms with van der Waals surface area (Å²) in [6.45, 7) is 2.67. The molecule has 4 aromatic carbocycles. The molecule has 0 aromatic heterocycles. The van der Waals surface area contributed by atoms with Gasteiger partial charge in [-0.25, -0.2) is 9.59 Å². The fraction of sp³-hybridized carbons (Fsp3) is 0.211. The predicted octanol–water partition coefficient (Wildman–Crippen LogP) is 7.62. The van der Waals surface area contributed by atoms with Gasteiger partial charge in [0.15, 0.2) is 0 Å². The molecule has 0 unspecified atom stereocenters. The zero-order valence-electron chi connectivity index (χ0n) is 27.0. The summed E-state index contributed by atoms with van der Waals surface area (Å²) in [7, 11) is 0. The monoisotopic (exact) mass is 712 g/mol. The van der Waals surface area contributed by atoms with Gasteiger partial charge in [0, 0.05) is 47.4 Å². The zero-order valence-corrected chi connectivity index (χ0v) is 28.5. The molecule has 4 aromatic rings. The van der Waals surface area contributed by atoms with Crippen molar-refractivity contribution in [2.24, 2.45) is 0 Å². The normalized spacial score (nSPS) is 10.6. The van der Waals surface area contributed by atoms with Crippen LogP contribution < -0.4 is 20.1 Å². The Morgan fingerprint density at radius 2 is 1.08 bits per heavy atom. The maximum Gasteiger partial charge on any atom is 0.331 e. The van der Waals surface area contributed by atoms with Crippen LogP contribution >= 0.6 is 23.2 Å². The molecule has 0 radical (unpaired) electrons. The van der Waals surface area contributed by atoms with Gasteiger partial charge < -0.3 is 29.6 Å². The van der Waals surface area contributed by atoms with E-state index < -0.39 is 11.9 Å². The maximum atomic E-state index is 12.0. The molecule has 2 N–H and O–H groups in total. The number of nitrogens with one attached hydrogen (secondary N) is 2. The highest BCUT2D eigenvalue weighted by Crippen LogP contribution is 2.30. The summed E-state index contributed by atoms with van der Waals surface area (Å²) in [6, 6.07) is 28.8. The van der Waals surface area contributed by atoms with Crippen LogP contribution in [0.5, 0.6) is 23.0 Å². The van der Waals surface area contributed by atoms with E-state index in [0.29, 0.717) is 83.2 Å². The van der Waals surface area contributed by atoms with Crippen molar-refractivity contribution in [2.45, 2.75) is 25.9 Å². The van der Waals surface area contributed by atoms with E-state index >= 15 is 0 Å². The number of halogens is 2. The van der Waals surface area contributed by atoms with Crippen LogP contribution in [0.3, 0.4) is 0 Å². The highest BCUT2D eigenvalue weighted by atomic mass is 35.5. The number of hydrogen-bond acceptors (Lipinski definition) is 10. The minimum atomic E-state index is -0.628. The molecular formula is C38H34Cl2N4O6. The van der Waals surface area contributed by atoms with E-state index in [9.17, 15) is 20.1 Å². The summed E-state index contributed by atoms with van der Waals surface area (Å²) in [4.78, 5) is 23.9. The Morgan fingerprint density at radius 3 is 1.50 bits per heavy atom. The van der Waals surface area contributed by atoms with Crippen molar-refractivity contribution in [1.82, 2.24) is 10.6 Å². The van der Waals surface area contributed by atoms with Gasteiger partial charge in [0.25, 0.3) is 0 Å². The summed E-state index contributed by atoms with van der Waals surface area (Å²) < 4.78 is 22.0. The van der Waals surface area contributed by atoms with Gasteiger partial charge in [0.05, 0.1) is 24.3 Å². The molecule has 0 saturated heterocycles. The van der Waals surface area contributed by atoms with Crippen LogP contribution in [-0.4, -0.2) is 38.2 Å². The minimum Gasteiger partial charge on any atom is -0.462 e. The molecular weight excluding hydrogens is 679 g/mol. The lowest BCUT2D eigenvalue weighted by atomic mass is 10.2. The molecule has 0 aliphatic rings. The standard InChI is InChI=1S/C38H34Cl2N4O6/c39-31-11-9-29(23-41)35(21-31)49-33-7-1-5-27(19-33)25-43-15-3-17-47-37(45)13-14-38(46)48-18-4-16-44-26-28-6-2-8-34(20-28)50-36-22-32(40)12-10-30(36)24-42/h1-2,5-14,19-22,43-44H,3-4,15-18,25-26H2/b14-13+. The third kappa shape index (κ3) is 12.9. The maximum absolute atomic E-state index is 12.0. The van der Waals surface area contributed by atoms with Crippen LogP contribution in [0.4, 0.5) is 0 Å². The Hall–Kier alpha value is -5.36. The van der Waals surface area contributed by atoms with E-state index in [1.54, 1.807) is 48.5 Å². The van der Waals surface area contributed by atoms with E-state index in [0.717, 1.165) is 23.3 Å². The molecule has 0 aliphatic carbocycles. The van der Waals surface area contributed by atoms with Gasteiger partial charge in [-0.15, -0.1) is 0 Å². The fourth-order valence-corrected chi connectivity index (χ4v) is 4.80. The van der Waals surface area contributed by atoms with Gasteiger partial charge in [-0.1, -0.05) is 47.5 Å². The zero-order chi connectivity index (χ0) is 35.6. The van der Waals surface area contributed by atoms with E-state index in [4.69, 9.17) is 42.1 Å². The van der Waals surface area contributed by atoms with Crippen LogP contribution in [0.25, 0.3) is 0 Å². The summed E-state index contributed by atoms with van der Waals surface area (Å²) in [6.07, 6.45) is 3.25. The first kappa shape index (κ1) is 37.5. The van der Waals surface area contributed by atoms with Crippen molar-refractivity contribution in [2.75, 3.05) is 26.3 Å². The Kier molecular flexibility index (Phi) is 15.1. The number of carbonyl (C=O) groups excluding carboxylic acids is 2. The van der Waals surface area contributed by atoms with Crippen LogP contribution in [0.2, 0.25) is 10.0 Å². The summed E-state index contributed by atoms with van der Waals surface area (Å²) in [5.41, 5.74) is 2.72. The molecule has 10 nitrogen and oxygen atoms in total.